The summed E-state index contributed by atoms with van der Waals surface area (Å²) in [4.78, 5) is 0. The van der Waals surface area contributed by atoms with Gasteiger partial charge in [-0.15, -0.1) is 0 Å². The molecule has 0 aliphatic rings. The SMILES string of the molecule is Cc1cc(C)c(P(=O)(C(=S)NC(C)C)c2c(C)cc(C)cc2C)c(C)c1. The molecule has 4 heteroatoms. The molecule has 0 aliphatic carbocycles. The fraction of sp³-hybridized carbons (Fsp3) is 0.409. The van der Waals surface area contributed by atoms with Crippen LogP contribution in [0.3, 0.4) is 0 Å². The van der Waals surface area contributed by atoms with Crippen molar-refractivity contribution in [3.8, 4) is 0 Å². The van der Waals surface area contributed by atoms with Crippen LogP contribution < -0.4 is 15.9 Å². The monoisotopic (exact) mass is 387 g/mol. The number of nitrogens with one attached hydrogen (secondary N) is 1. The van der Waals surface area contributed by atoms with Gasteiger partial charge in [0.05, 0.1) is 0 Å². The molecule has 1 N–H and O–H groups in total. The Morgan fingerprint density at radius 1 is 0.808 bits per heavy atom. The van der Waals surface area contributed by atoms with Crippen molar-refractivity contribution in [2.75, 3.05) is 0 Å². The first-order valence-corrected chi connectivity index (χ1v) is 11.2. The Balaban J connectivity index is 2.91. The maximum atomic E-state index is 14.8. The van der Waals surface area contributed by atoms with Gasteiger partial charge >= 0.3 is 0 Å². The molecule has 2 aromatic rings. The van der Waals surface area contributed by atoms with Gasteiger partial charge in [0.2, 0.25) is 0 Å². The second kappa shape index (κ2) is 7.66. The third-order valence-electron chi connectivity index (χ3n) is 4.60. The van der Waals surface area contributed by atoms with Crippen LogP contribution in [0, 0.1) is 41.5 Å². The number of benzene rings is 2. The van der Waals surface area contributed by atoms with Crippen molar-refractivity contribution in [1.29, 1.82) is 0 Å². The van der Waals surface area contributed by atoms with Crippen LogP contribution >= 0.6 is 19.4 Å². The molecule has 0 saturated heterocycles. The van der Waals surface area contributed by atoms with E-state index in [1.165, 1.54) is 11.1 Å². The molecule has 26 heavy (non-hydrogen) atoms. The van der Waals surface area contributed by atoms with Crippen molar-refractivity contribution < 1.29 is 4.57 Å². The van der Waals surface area contributed by atoms with Crippen molar-refractivity contribution in [2.24, 2.45) is 0 Å². The van der Waals surface area contributed by atoms with E-state index in [2.05, 4.69) is 43.4 Å². The van der Waals surface area contributed by atoms with Crippen LogP contribution in [0.25, 0.3) is 0 Å². The van der Waals surface area contributed by atoms with E-state index < -0.39 is 7.14 Å². The average Bonchev–Trinajstić information content (AvgIpc) is 2.43. The minimum Gasteiger partial charge on any atom is -0.371 e. The van der Waals surface area contributed by atoms with Crippen molar-refractivity contribution in [3.05, 3.63) is 57.6 Å². The molecule has 0 unspecified atom stereocenters. The molecule has 0 amide bonds. The van der Waals surface area contributed by atoms with E-state index in [4.69, 9.17) is 12.2 Å². The van der Waals surface area contributed by atoms with Crippen LogP contribution in [0.2, 0.25) is 0 Å². The van der Waals surface area contributed by atoms with E-state index >= 15 is 0 Å². The number of aryl methyl sites for hydroxylation is 6. The second-order valence-electron chi connectivity index (χ2n) is 7.71. The fourth-order valence-corrected chi connectivity index (χ4v) is 8.09. The standard InChI is InChI=1S/C22H30NOPS/c1-13(2)23-22(26)25(24,20-16(5)9-14(3)10-17(20)6)21-18(7)11-15(4)12-19(21)8/h9-13H,1-8H3,(H,23,26). The maximum Gasteiger partial charge on any atom is 0.197 e. The summed E-state index contributed by atoms with van der Waals surface area (Å²) in [5.74, 6) is 0. The summed E-state index contributed by atoms with van der Waals surface area (Å²) in [5, 5.41) is 5.06. The average molecular weight is 388 g/mol. The third-order valence-corrected chi connectivity index (χ3v) is 8.86. The van der Waals surface area contributed by atoms with Crippen molar-refractivity contribution in [3.63, 3.8) is 0 Å². The van der Waals surface area contributed by atoms with Gasteiger partial charge in [0.25, 0.3) is 0 Å². The molecule has 0 atom stereocenters. The fourth-order valence-electron chi connectivity index (χ4n) is 3.99. The zero-order chi connectivity index (χ0) is 19.8. The molecule has 0 spiro atoms. The molecule has 0 heterocycles. The molecule has 0 fully saturated rings. The van der Waals surface area contributed by atoms with Gasteiger partial charge in [-0.3, -0.25) is 0 Å². The van der Waals surface area contributed by atoms with Crippen LogP contribution in [0.4, 0.5) is 0 Å². The number of hydrogen-bond donors (Lipinski definition) is 1. The molecule has 2 rings (SSSR count). The van der Waals surface area contributed by atoms with Gasteiger partial charge in [-0.2, -0.15) is 0 Å². The third kappa shape index (κ3) is 3.80. The highest BCUT2D eigenvalue weighted by molar-refractivity contribution is 8.07. The first kappa shape index (κ1) is 20.9. The molecule has 0 saturated carbocycles. The Hall–Kier alpha value is -1.44. The summed E-state index contributed by atoms with van der Waals surface area (Å²) < 4.78 is 15.2. The predicted molar refractivity (Wildman–Crippen MR) is 119 cm³/mol. The van der Waals surface area contributed by atoms with Gasteiger partial charge in [-0.05, 0) is 77.6 Å². The van der Waals surface area contributed by atoms with Gasteiger partial charge in [-0.1, -0.05) is 47.6 Å². The Kier molecular flexibility index (Phi) is 6.15. The van der Waals surface area contributed by atoms with Gasteiger partial charge in [0.1, 0.15) is 4.73 Å². The van der Waals surface area contributed by atoms with Gasteiger partial charge in [-0.25, -0.2) is 0 Å². The van der Waals surface area contributed by atoms with E-state index in [0.29, 0.717) is 4.73 Å². The van der Waals surface area contributed by atoms with E-state index in [1.807, 2.05) is 41.5 Å². The Morgan fingerprint density at radius 3 is 1.38 bits per heavy atom. The summed E-state index contributed by atoms with van der Waals surface area (Å²) in [5.41, 5.74) is 6.51. The molecule has 0 radical (unpaired) electrons. The van der Waals surface area contributed by atoms with Crippen molar-refractivity contribution in [1.82, 2.24) is 5.32 Å². The molecular weight excluding hydrogens is 357 g/mol. The van der Waals surface area contributed by atoms with E-state index in [0.717, 1.165) is 32.9 Å². The van der Waals surface area contributed by atoms with Crippen LogP contribution in [-0.4, -0.2) is 10.8 Å². The molecule has 0 aliphatic heterocycles. The smallest absolute Gasteiger partial charge is 0.197 e. The lowest BCUT2D eigenvalue weighted by molar-refractivity contribution is 0.592. The zero-order valence-corrected chi connectivity index (χ0v) is 18.9. The highest BCUT2D eigenvalue weighted by atomic mass is 32.1. The summed E-state index contributed by atoms with van der Waals surface area (Å²) in [7, 11) is -3.14. The summed E-state index contributed by atoms with van der Waals surface area (Å²) in [6, 6.07) is 8.54. The molecule has 2 nitrogen and oxygen atoms in total. The predicted octanol–water partition coefficient (Wildman–Crippen LogP) is 5.13. The number of thiocarbonyl (C=S) groups is 1. The lowest BCUT2D eigenvalue weighted by Gasteiger charge is -2.28. The first-order valence-electron chi connectivity index (χ1n) is 9.06. The first-order chi connectivity index (χ1) is 12.0. The molecule has 0 bridgehead atoms. The molecule has 140 valence electrons. The Bertz CT molecular complexity index is 807. The van der Waals surface area contributed by atoms with Crippen LogP contribution in [0.5, 0.6) is 0 Å². The highest BCUT2D eigenvalue weighted by Crippen LogP contribution is 2.48. The van der Waals surface area contributed by atoms with E-state index in [1.54, 1.807) is 0 Å². The largest absolute Gasteiger partial charge is 0.371 e. The summed E-state index contributed by atoms with van der Waals surface area (Å²) in [6.07, 6.45) is 0. The number of hydrogen-bond acceptors (Lipinski definition) is 2. The van der Waals surface area contributed by atoms with Gasteiger partial charge < -0.3 is 9.88 Å². The summed E-state index contributed by atoms with van der Waals surface area (Å²) in [6.45, 7) is 16.4. The molecular formula is C22H30NOPS. The van der Waals surface area contributed by atoms with Gasteiger partial charge in [0, 0.05) is 16.7 Å². The molecule has 2 aromatic carbocycles. The normalized spacial score (nSPS) is 11.7. The van der Waals surface area contributed by atoms with E-state index in [-0.39, 0.29) is 6.04 Å². The van der Waals surface area contributed by atoms with Crippen LogP contribution in [-0.2, 0) is 4.57 Å². The molecule has 0 aromatic heterocycles. The lowest BCUT2D eigenvalue weighted by atomic mass is 10.1. The Labute approximate surface area is 163 Å². The van der Waals surface area contributed by atoms with Gasteiger partial charge in [0.15, 0.2) is 7.14 Å². The van der Waals surface area contributed by atoms with Crippen molar-refractivity contribution in [2.45, 2.75) is 61.4 Å². The lowest BCUT2D eigenvalue weighted by Crippen LogP contribution is -2.37. The second-order valence-corrected chi connectivity index (χ2v) is 11.0. The summed E-state index contributed by atoms with van der Waals surface area (Å²) >= 11 is 5.76. The van der Waals surface area contributed by atoms with E-state index in [9.17, 15) is 4.57 Å². The van der Waals surface area contributed by atoms with Crippen LogP contribution in [0.15, 0.2) is 24.3 Å². The number of rotatable bonds is 4. The minimum absolute atomic E-state index is 0.132. The Morgan fingerprint density at radius 2 is 1.12 bits per heavy atom. The quantitative estimate of drug-likeness (QED) is 0.582. The zero-order valence-electron chi connectivity index (χ0n) is 17.2. The minimum atomic E-state index is -3.14. The maximum absolute atomic E-state index is 14.8. The highest BCUT2D eigenvalue weighted by Gasteiger charge is 2.38. The topological polar surface area (TPSA) is 29.1 Å². The van der Waals surface area contributed by atoms with Crippen molar-refractivity contribution >= 4 is 34.7 Å². The van der Waals surface area contributed by atoms with Crippen LogP contribution in [0.1, 0.15) is 47.2 Å².